The molecular formula is C24H25NO5. The summed E-state index contributed by atoms with van der Waals surface area (Å²) in [5, 5.41) is 0. The normalized spacial score (nSPS) is 23.3. The van der Waals surface area contributed by atoms with E-state index < -0.39 is 0 Å². The summed E-state index contributed by atoms with van der Waals surface area (Å²) in [5.41, 5.74) is 1.10. The zero-order valence-electron chi connectivity index (χ0n) is 17.2. The number of ketones is 1. The van der Waals surface area contributed by atoms with Gasteiger partial charge in [-0.3, -0.25) is 19.3 Å². The van der Waals surface area contributed by atoms with Crippen molar-refractivity contribution in [1.82, 2.24) is 0 Å². The Balaban J connectivity index is 1.40. The van der Waals surface area contributed by atoms with Gasteiger partial charge in [-0.1, -0.05) is 6.92 Å². The summed E-state index contributed by atoms with van der Waals surface area (Å²) in [5.74, 6) is 0.937. The van der Waals surface area contributed by atoms with Gasteiger partial charge in [-0.05, 0) is 73.7 Å². The number of hydrogen-bond donors (Lipinski definition) is 0. The number of ether oxygens (including phenoxy) is 2. The molecule has 3 atom stereocenters. The third-order valence-corrected chi connectivity index (χ3v) is 6.06. The van der Waals surface area contributed by atoms with Crippen LogP contribution in [0, 0.1) is 17.8 Å². The predicted octanol–water partition coefficient (Wildman–Crippen LogP) is 3.88. The van der Waals surface area contributed by atoms with Gasteiger partial charge >= 0.3 is 0 Å². The minimum Gasteiger partial charge on any atom is -0.497 e. The van der Waals surface area contributed by atoms with Gasteiger partial charge in [0.2, 0.25) is 11.8 Å². The fraction of sp³-hybridized carbons (Fsp3) is 0.375. The molecule has 1 saturated carbocycles. The van der Waals surface area contributed by atoms with Crippen LogP contribution in [0.25, 0.3) is 0 Å². The van der Waals surface area contributed by atoms with Gasteiger partial charge in [-0.15, -0.1) is 0 Å². The molecule has 2 fully saturated rings. The van der Waals surface area contributed by atoms with Crippen LogP contribution in [0.2, 0.25) is 0 Å². The van der Waals surface area contributed by atoms with Gasteiger partial charge in [-0.2, -0.15) is 0 Å². The zero-order chi connectivity index (χ0) is 21.3. The summed E-state index contributed by atoms with van der Waals surface area (Å²) < 4.78 is 10.7. The SMILES string of the molecule is COc1ccc(C(=O)COc2ccc(N3C(=O)C4CCC(C)CC4C3=O)cc2)cc1. The van der Waals surface area contributed by atoms with E-state index >= 15 is 0 Å². The first-order valence-electron chi connectivity index (χ1n) is 10.3. The summed E-state index contributed by atoms with van der Waals surface area (Å²) >= 11 is 0. The smallest absolute Gasteiger partial charge is 0.237 e. The summed E-state index contributed by atoms with van der Waals surface area (Å²) in [6.45, 7) is 2.03. The maximum atomic E-state index is 12.8. The van der Waals surface area contributed by atoms with Gasteiger partial charge in [0.05, 0.1) is 24.6 Å². The fourth-order valence-corrected chi connectivity index (χ4v) is 4.34. The maximum Gasteiger partial charge on any atom is 0.237 e. The van der Waals surface area contributed by atoms with E-state index in [0.717, 1.165) is 19.3 Å². The first-order chi connectivity index (χ1) is 14.5. The molecule has 6 nitrogen and oxygen atoms in total. The molecule has 0 spiro atoms. The molecule has 2 aromatic rings. The molecule has 4 rings (SSSR count). The molecule has 1 aliphatic heterocycles. The molecule has 2 amide bonds. The molecule has 6 heteroatoms. The van der Waals surface area contributed by atoms with Crippen LogP contribution in [0.5, 0.6) is 11.5 Å². The van der Waals surface area contributed by atoms with E-state index in [-0.39, 0.29) is 36.0 Å². The monoisotopic (exact) mass is 407 g/mol. The van der Waals surface area contributed by atoms with E-state index in [1.54, 1.807) is 55.6 Å². The van der Waals surface area contributed by atoms with Crippen LogP contribution in [-0.4, -0.2) is 31.3 Å². The number of fused-ring (bicyclic) bond motifs is 1. The van der Waals surface area contributed by atoms with Gasteiger partial charge in [0, 0.05) is 5.56 Å². The van der Waals surface area contributed by atoms with Crippen molar-refractivity contribution in [2.24, 2.45) is 17.8 Å². The molecule has 1 heterocycles. The van der Waals surface area contributed by atoms with E-state index in [2.05, 4.69) is 6.92 Å². The van der Waals surface area contributed by atoms with Gasteiger partial charge < -0.3 is 9.47 Å². The van der Waals surface area contributed by atoms with E-state index in [1.807, 2.05) is 0 Å². The van der Waals surface area contributed by atoms with Crippen molar-refractivity contribution in [3.05, 3.63) is 54.1 Å². The van der Waals surface area contributed by atoms with Crippen molar-refractivity contribution in [3.8, 4) is 11.5 Å². The predicted molar refractivity (Wildman–Crippen MR) is 112 cm³/mol. The lowest BCUT2D eigenvalue weighted by Crippen LogP contribution is -2.30. The zero-order valence-corrected chi connectivity index (χ0v) is 17.2. The Kier molecular flexibility index (Phi) is 5.57. The average molecular weight is 407 g/mol. The van der Waals surface area contributed by atoms with Crippen molar-refractivity contribution < 1.29 is 23.9 Å². The standard InChI is InChI=1S/C24H25NO5/c1-15-3-12-20-21(13-15)24(28)25(23(20)27)17-6-10-19(11-7-17)30-14-22(26)16-4-8-18(29-2)9-5-16/h4-11,15,20-21H,3,12-14H2,1-2H3. The molecule has 0 radical (unpaired) electrons. The number of nitrogens with zero attached hydrogens (tertiary/aromatic N) is 1. The second-order valence-corrected chi connectivity index (χ2v) is 8.08. The number of anilines is 1. The van der Waals surface area contributed by atoms with Crippen molar-refractivity contribution >= 4 is 23.3 Å². The first kappa shape index (κ1) is 20.1. The highest BCUT2D eigenvalue weighted by molar-refractivity contribution is 6.22. The fourth-order valence-electron chi connectivity index (χ4n) is 4.34. The largest absolute Gasteiger partial charge is 0.497 e. The number of imide groups is 1. The third-order valence-electron chi connectivity index (χ3n) is 6.06. The Morgan fingerprint density at radius 2 is 1.57 bits per heavy atom. The minimum atomic E-state index is -0.195. The van der Waals surface area contributed by atoms with Crippen LogP contribution >= 0.6 is 0 Å². The Hall–Kier alpha value is -3.15. The number of rotatable bonds is 6. The Labute approximate surface area is 175 Å². The summed E-state index contributed by atoms with van der Waals surface area (Å²) in [6.07, 6.45) is 2.55. The molecule has 30 heavy (non-hydrogen) atoms. The van der Waals surface area contributed by atoms with Gasteiger partial charge in [0.1, 0.15) is 11.5 Å². The molecule has 0 aromatic heterocycles. The first-order valence-corrected chi connectivity index (χ1v) is 10.3. The van der Waals surface area contributed by atoms with Crippen molar-refractivity contribution in [1.29, 1.82) is 0 Å². The Morgan fingerprint density at radius 3 is 2.23 bits per heavy atom. The summed E-state index contributed by atoms with van der Waals surface area (Å²) in [7, 11) is 1.57. The Bertz CT molecular complexity index is 951. The average Bonchev–Trinajstić information content (AvgIpc) is 3.02. The lowest BCUT2D eigenvalue weighted by molar-refractivity contribution is -0.122. The molecule has 0 bridgehead atoms. The molecule has 2 aliphatic rings. The highest BCUT2D eigenvalue weighted by Crippen LogP contribution is 2.42. The second kappa shape index (κ2) is 8.30. The summed E-state index contributed by atoms with van der Waals surface area (Å²) in [6, 6.07) is 13.6. The minimum absolute atomic E-state index is 0.0970. The highest BCUT2D eigenvalue weighted by atomic mass is 16.5. The molecular weight excluding hydrogens is 382 g/mol. The lowest BCUT2D eigenvalue weighted by Gasteiger charge is -2.25. The molecule has 2 aromatic carbocycles. The topological polar surface area (TPSA) is 72.9 Å². The second-order valence-electron chi connectivity index (χ2n) is 8.08. The molecule has 3 unspecified atom stereocenters. The highest BCUT2D eigenvalue weighted by Gasteiger charge is 2.49. The number of carbonyl (C=O) groups excluding carboxylic acids is 3. The quantitative estimate of drug-likeness (QED) is 0.537. The van der Waals surface area contributed by atoms with Gasteiger partial charge in [0.25, 0.3) is 0 Å². The van der Waals surface area contributed by atoms with E-state index in [9.17, 15) is 14.4 Å². The number of benzene rings is 2. The number of methoxy groups -OCH3 is 1. The molecule has 1 aliphatic carbocycles. The van der Waals surface area contributed by atoms with Crippen molar-refractivity contribution in [3.63, 3.8) is 0 Å². The van der Waals surface area contributed by atoms with Crippen LogP contribution in [-0.2, 0) is 9.59 Å². The van der Waals surface area contributed by atoms with Crippen LogP contribution in [0.15, 0.2) is 48.5 Å². The number of hydrogen-bond acceptors (Lipinski definition) is 5. The third kappa shape index (κ3) is 3.82. The van der Waals surface area contributed by atoms with Gasteiger partial charge in [-0.25, -0.2) is 0 Å². The maximum absolute atomic E-state index is 12.8. The molecule has 156 valence electrons. The van der Waals surface area contributed by atoms with Crippen LogP contribution in [0.3, 0.4) is 0 Å². The summed E-state index contributed by atoms with van der Waals surface area (Å²) in [4.78, 5) is 39.2. The van der Waals surface area contributed by atoms with Crippen molar-refractivity contribution in [2.45, 2.75) is 26.2 Å². The van der Waals surface area contributed by atoms with E-state index in [1.165, 1.54) is 4.90 Å². The van der Waals surface area contributed by atoms with Gasteiger partial charge in [0.15, 0.2) is 12.4 Å². The number of Topliss-reactive ketones (excluding diaryl/α,β-unsaturated/α-hetero) is 1. The van der Waals surface area contributed by atoms with Crippen molar-refractivity contribution in [2.75, 3.05) is 18.6 Å². The molecule has 0 N–H and O–H groups in total. The van der Waals surface area contributed by atoms with E-state index in [4.69, 9.17) is 9.47 Å². The Morgan fingerprint density at radius 1 is 0.933 bits per heavy atom. The number of amides is 2. The lowest BCUT2D eigenvalue weighted by atomic mass is 9.76. The van der Waals surface area contributed by atoms with E-state index in [0.29, 0.717) is 28.7 Å². The number of carbonyl (C=O) groups is 3. The van der Waals surface area contributed by atoms with Crippen LogP contribution in [0.1, 0.15) is 36.5 Å². The molecule has 1 saturated heterocycles. The van der Waals surface area contributed by atoms with Crippen LogP contribution in [0.4, 0.5) is 5.69 Å². The van der Waals surface area contributed by atoms with Crippen LogP contribution < -0.4 is 14.4 Å².